The molecule has 98 valence electrons. The number of anilines is 1. The number of nitrogens with two attached hydrogens (primary N) is 1. The molecule has 0 amide bonds. The van der Waals surface area contributed by atoms with Gasteiger partial charge in [-0.3, -0.25) is 0 Å². The second-order valence-corrected chi connectivity index (χ2v) is 5.32. The van der Waals surface area contributed by atoms with E-state index in [1.807, 2.05) is 12.1 Å². The highest BCUT2D eigenvalue weighted by molar-refractivity contribution is 7.80. The smallest absolute Gasteiger partial charge is 0.106 e. The second kappa shape index (κ2) is 6.16. The molecule has 1 fully saturated rings. The summed E-state index contributed by atoms with van der Waals surface area (Å²) in [7, 11) is 0. The molecule has 1 saturated heterocycles. The van der Waals surface area contributed by atoms with Crippen molar-refractivity contribution in [3.8, 4) is 0 Å². The Labute approximate surface area is 114 Å². The molecule has 0 aliphatic carbocycles. The minimum Gasteiger partial charge on any atom is -0.389 e. The maximum atomic E-state index is 5.74. The summed E-state index contributed by atoms with van der Waals surface area (Å²) in [5, 5.41) is 3.46. The van der Waals surface area contributed by atoms with Gasteiger partial charge in [0.15, 0.2) is 0 Å². The molecule has 4 heteroatoms. The molecule has 1 aromatic rings. The van der Waals surface area contributed by atoms with Crippen molar-refractivity contribution in [2.75, 3.05) is 25.1 Å². The Bertz CT molecular complexity index is 428. The van der Waals surface area contributed by atoms with Gasteiger partial charge in [-0.1, -0.05) is 18.3 Å². The van der Waals surface area contributed by atoms with Crippen molar-refractivity contribution in [1.29, 1.82) is 0 Å². The lowest BCUT2D eigenvalue weighted by Gasteiger charge is -2.23. The average molecular weight is 264 g/mol. The molecule has 0 bridgehead atoms. The molecule has 1 aliphatic rings. The van der Waals surface area contributed by atoms with Gasteiger partial charge in [-0.25, -0.2) is 0 Å². The molecule has 1 atom stereocenters. The van der Waals surface area contributed by atoms with Gasteiger partial charge in [0.05, 0.1) is 6.61 Å². The predicted molar refractivity (Wildman–Crippen MR) is 79.1 cm³/mol. The van der Waals surface area contributed by atoms with E-state index in [0.717, 1.165) is 37.4 Å². The first-order valence-corrected chi connectivity index (χ1v) is 6.79. The van der Waals surface area contributed by atoms with Crippen LogP contribution in [-0.4, -0.2) is 24.7 Å². The van der Waals surface area contributed by atoms with Gasteiger partial charge in [-0.15, -0.1) is 0 Å². The molecule has 2 rings (SSSR count). The molecule has 0 saturated carbocycles. The van der Waals surface area contributed by atoms with Crippen LogP contribution in [0.4, 0.5) is 5.69 Å². The van der Waals surface area contributed by atoms with Gasteiger partial charge in [0.1, 0.15) is 4.99 Å². The third kappa shape index (κ3) is 3.43. The lowest BCUT2D eigenvalue weighted by Crippen LogP contribution is -2.25. The van der Waals surface area contributed by atoms with E-state index in [-0.39, 0.29) is 0 Å². The Kier molecular flexibility index (Phi) is 4.55. The van der Waals surface area contributed by atoms with Gasteiger partial charge in [0.25, 0.3) is 0 Å². The first kappa shape index (κ1) is 13.3. The third-order valence-corrected chi connectivity index (χ3v) is 3.50. The second-order valence-electron chi connectivity index (χ2n) is 4.88. The SMILES string of the molecule is Cc1ccc(C(N)=S)c(NCC2CCCOC2)c1. The third-order valence-electron chi connectivity index (χ3n) is 3.28. The largest absolute Gasteiger partial charge is 0.389 e. The van der Waals surface area contributed by atoms with Crippen molar-refractivity contribution < 1.29 is 4.74 Å². The molecule has 0 spiro atoms. The summed E-state index contributed by atoms with van der Waals surface area (Å²) >= 11 is 5.08. The van der Waals surface area contributed by atoms with Crippen LogP contribution in [-0.2, 0) is 4.74 Å². The molecule has 0 radical (unpaired) electrons. The number of hydrogen-bond acceptors (Lipinski definition) is 3. The fraction of sp³-hybridized carbons (Fsp3) is 0.500. The van der Waals surface area contributed by atoms with Crippen molar-refractivity contribution in [2.45, 2.75) is 19.8 Å². The van der Waals surface area contributed by atoms with Crippen molar-refractivity contribution >= 4 is 22.9 Å². The predicted octanol–water partition coefficient (Wildman–Crippen LogP) is 2.47. The number of rotatable bonds is 4. The minimum absolute atomic E-state index is 0.442. The molecule has 1 unspecified atom stereocenters. The van der Waals surface area contributed by atoms with Gasteiger partial charge >= 0.3 is 0 Å². The van der Waals surface area contributed by atoms with Gasteiger partial charge < -0.3 is 15.8 Å². The van der Waals surface area contributed by atoms with E-state index in [9.17, 15) is 0 Å². The molecule has 0 aromatic heterocycles. The fourth-order valence-electron chi connectivity index (χ4n) is 2.24. The van der Waals surface area contributed by atoms with Crippen molar-refractivity contribution in [1.82, 2.24) is 0 Å². The first-order valence-electron chi connectivity index (χ1n) is 6.39. The minimum atomic E-state index is 0.442. The van der Waals surface area contributed by atoms with E-state index in [1.54, 1.807) is 0 Å². The standard InChI is InChI=1S/C14H20N2OS/c1-10-4-5-12(14(15)18)13(7-10)16-8-11-3-2-6-17-9-11/h4-5,7,11,16H,2-3,6,8-9H2,1H3,(H2,15,18). The van der Waals surface area contributed by atoms with Crippen LogP contribution in [0.25, 0.3) is 0 Å². The van der Waals surface area contributed by atoms with Gasteiger partial charge in [-0.2, -0.15) is 0 Å². The highest BCUT2D eigenvalue weighted by Gasteiger charge is 2.14. The monoisotopic (exact) mass is 264 g/mol. The van der Waals surface area contributed by atoms with Crippen LogP contribution in [0, 0.1) is 12.8 Å². The fourth-order valence-corrected chi connectivity index (χ4v) is 2.42. The zero-order valence-electron chi connectivity index (χ0n) is 10.7. The zero-order valence-corrected chi connectivity index (χ0v) is 11.6. The Morgan fingerprint density at radius 3 is 3.06 bits per heavy atom. The van der Waals surface area contributed by atoms with Crippen molar-refractivity contribution in [3.05, 3.63) is 29.3 Å². The number of benzene rings is 1. The first-order chi connectivity index (χ1) is 8.66. The van der Waals surface area contributed by atoms with E-state index < -0.39 is 0 Å². The average Bonchev–Trinajstić information content (AvgIpc) is 2.37. The summed E-state index contributed by atoms with van der Waals surface area (Å²) in [5.74, 6) is 0.582. The summed E-state index contributed by atoms with van der Waals surface area (Å²) in [6.45, 7) is 4.73. The van der Waals surface area contributed by atoms with Crippen LogP contribution in [0.1, 0.15) is 24.0 Å². The maximum absolute atomic E-state index is 5.74. The molecular weight excluding hydrogens is 244 g/mol. The maximum Gasteiger partial charge on any atom is 0.106 e. The Morgan fingerprint density at radius 1 is 1.56 bits per heavy atom. The number of hydrogen-bond donors (Lipinski definition) is 2. The summed E-state index contributed by atoms with van der Waals surface area (Å²) < 4.78 is 5.48. The lowest BCUT2D eigenvalue weighted by atomic mass is 10.0. The van der Waals surface area contributed by atoms with Gasteiger partial charge in [0, 0.05) is 24.4 Å². The van der Waals surface area contributed by atoms with E-state index in [0.29, 0.717) is 10.9 Å². The Hall–Kier alpha value is -1.13. The summed E-state index contributed by atoms with van der Waals surface area (Å²) in [6, 6.07) is 6.11. The van der Waals surface area contributed by atoms with Gasteiger partial charge in [-0.05, 0) is 43.4 Å². The molecule has 1 heterocycles. The summed E-state index contributed by atoms with van der Waals surface area (Å²) in [4.78, 5) is 0.442. The van der Waals surface area contributed by atoms with E-state index >= 15 is 0 Å². The van der Waals surface area contributed by atoms with Crippen LogP contribution in [0.15, 0.2) is 18.2 Å². The Balaban J connectivity index is 2.03. The number of ether oxygens (including phenoxy) is 1. The molecule has 1 aliphatic heterocycles. The van der Waals surface area contributed by atoms with Crippen LogP contribution >= 0.6 is 12.2 Å². The van der Waals surface area contributed by atoms with Crippen LogP contribution < -0.4 is 11.1 Å². The van der Waals surface area contributed by atoms with E-state index in [4.69, 9.17) is 22.7 Å². The molecule has 3 nitrogen and oxygen atoms in total. The van der Waals surface area contributed by atoms with E-state index in [2.05, 4.69) is 18.3 Å². The molecule has 1 aromatic carbocycles. The highest BCUT2D eigenvalue weighted by atomic mass is 32.1. The molecule has 18 heavy (non-hydrogen) atoms. The van der Waals surface area contributed by atoms with Crippen molar-refractivity contribution in [3.63, 3.8) is 0 Å². The highest BCUT2D eigenvalue weighted by Crippen LogP contribution is 2.20. The van der Waals surface area contributed by atoms with Crippen LogP contribution in [0.2, 0.25) is 0 Å². The van der Waals surface area contributed by atoms with E-state index in [1.165, 1.54) is 12.0 Å². The Morgan fingerprint density at radius 2 is 2.39 bits per heavy atom. The summed E-state index contributed by atoms with van der Waals surface area (Å²) in [5.41, 5.74) is 8.90. The van der Waals surface area contributed by atoms with Gasteiger partial charge in [0.2, 0.25) is 0 Å². The quantitative estimate of drug-likeness (QED) is 0.820. The normalized spacial score (nSPS) is 19.5. The molecular formula is C14H20N2OS. The topological polar surface area (TPSA) is 47.3 Å². The lowest BCUT2D eigenvalue weighted by molar-refractivity contribution is 0.0595. The number of thiocarbonyl (C=S) groups is 1. The number of nitrogens with one attached hydrogen (secondary N) is 1. The number of aryl methyl sites for hydroxylation is 1. The van der Waals surface area contributed by atoms with Crippen LogP contribution in [0.3, 0.4) is 0 Å². The van der Waals surface area contributed by atoms with Crippen molar-refractivity contribution in [2.24, 2.45) is 11.7 Å². The summed E-state index contributed by atoms with van der Waals surface area (Å²) in [6.07, 6.45) is 2.38. The van der Waals surface area contributed by atoms with Crippen LogP contribution in [0.5, 0.6) is 0 Å². The zero-order chi connectivity index (χ0) is 13.0. The molecule has 3 N–H and O–H groups in total.